The molecule has 3 aromatic rings. The normalized spacial score (nSPS) is 15.4. The second kappa shape index (κ2) is 10.2. The van der Waals surface area contributed by atoms with Crippen LogP contribution in [-0.4, -0.2) is 38.2 Å². The summed E-state index contributed by atoms with van der Waals surface area (Å²) in [6, 6.07) is 24.1. The van der Waals surface area contributed by atoms with Crippen LogP contribution in [0.3, 0.4) is 0 Å². The van der Waals surface area contributed by atoms with Crippen molar-refractivity contribution < 1.29 is 19.0 Å². The van der Waals surface area contributed by atoms with E-state index in [1.165, 1.54) is 5.56 Å². The molecule has 0 aromatic heterocycles. The molecule has 3 aromatic carbocycles. The second-order valence-electron chi connectivity index (χ2n) is 7.92. The molecule has 0 unspecified atom stereocenters. The van der Waals surface area contributed by atoms with Gasteiger partial charge in [-0.3, -0.25) is 4.79 Å². The monoisotopic (exact) mass is 431 g/mol. The van der Waals surface area contributed by atoms with Crippen molar-refractivity contribution >= 4 is 5.91 Å². The number of carbonyl (C=O) groups is 1. The van der Waals surface area contributed by atoms with Gasteiger partial charge in [-0.25, -0.2) is 0 Å². The molecule has 1 amide bonds. The van der Waals surface area contributed by atoms with E-state index >= 15 is 0 Å². The zero-order chi connectivity index (χ0) is 22.3. The lowest BCUT2D eigenvalue weighted by Gasteiger charge is -2.26. The van der Waals surface area contributed by atoms with Crippen LogP contribution in [0, 0.1) is 0 Å². The van der Waals surface area contributed by atoms with E-state index in [2.05, 4.69) is 18.2 Å². The van der Waals surface area contributed by atoms with E-state index in [4.69, 9.17) is 14.2 Å². The molecule has 0 spiro atoms. The van der Waals surface area contributed by atoms with Gasteiger partial charge in [0.05, 0.1) is 20.3 Å². The average molecular weight is 432 g/mol. The third kappa shape index (κ3) is 4.88. The van der Waals surface area contributed by atoms with Crippen LogP contribution in [0.25, 0.3) is 0 Å². The van der Waals surface area contributed by atoms with Crippen LogP contribution in [0.15, 0.2) is 72.8 Å². The predicted molar refractivity (Wildman–Crippen MR) is 124 cm³/mol. The van der Waals surface area contributed by atoms with Gasteiger partial charge in [-0.15, -0.1) is 0 Å². The van der Waals surface area contributed by atoms with Gasteiger partial charge < -0.3 is 19.1 Å². The Morgan fingerprint density at radius 2 is 1.66 bits per heavy atom. The first-order valence-corrected chi connectivity index (χ1v) is 11.0. The van der Waals surface area contributed by atoms with Crippen LogP contribution in [0.4, 0.5) is 0 Å². The Labute approximate surface area is 189 Å². The smallest absolute Gasteiger partial charge is 0.261 e. The van der Waals surface area contributed by atoms with Gasteiger partial charge in [0, 0.05) is 13.0 Å². The number of ether oxygens (including phenoxy) is 3. The van der Waals surface area contributed by atoms with Crippen LogP contribution in [0.1, 0.15) is 35.6 Å². The Bertz CT molecular complexity index is 1050. The molecule has 0 saturated carbocycles. The highest BCUT2D eigenvalue weighted by molar-refractivity contribution is 5.78. The first kappa shape index (κ1) is 21.8. The fraction of sp³-hybridized carbons (Fsp3) is 0.296. The predicted octanol–water partition coefficient (Wildman–Crippen LogP) is 5.04. The summed E-state index contributed by atoms with van der Waals surface area (Å²) in [4.78, 5) is 15.0. The maximum Gasteiger partial charge on any atom is 0.261 e. The number of para-hydroxylation sites is 1. The minimum atomic E-state index is -0.00296. The van der Waals surface area contributed by atoms with Crippen molar-refractivity contribution in [2.75, 3.05) is 27.4 Å². The van der Waals surface area contributed by atoms with Gasteiger partial charge in [-0.05, 0) is 47.7 Å². The third-order valence-corrected chi connectivity index (χ3v) is 5.93. The fourth-order valence-electron chi connectivity index (χ4n) is 4.30. The molecule has 4 rings (SSSR count). The Morgan fingerprint density at radius 3 is 2.44 bits per heavy atom. The first-order chi connectivity index (χ1) is 15.7. The quantitative estimate of drug-likeness (QED) is 0.502. The van der Waals surface area contributed by atoms with Crippen LogP contribution in [0.5, 0.6) is 17.2 Å². The summed E-state index contributed by atoms with van der Waals surface area (Å²) in [5.74, 6) is 2.12. The van der Waals surface area contributed by atoms with Crippen molar-refractivity contribution in [1.29, 1.82) is 0 Å². The number of carbonyl (C=O) groups excluding carboxylic acids is 1. The van der Waals surface area contributed by atoms with Crippen molar-refractivity contribution in [3.05, 3.63) is 89.5 Å². The minimum absolute atomic E-state index is 0.00296. The molecule has 5 heteroatoms. The molecular weight excluding hydrogens is 402 g/mol. The third-order valence-electron chi connectivity index (χ3n) is 5.93. The number of methoxy groups -OCH3 is 2. The fourth-order valence-corrected chi connectivity index (χ4v) is 4.30. The Kier molecular flexibility index (Phi) is 6.95. The zero-order valence-electron chi connectivity index (χ0n) is 18.6. The van der Waals surface area contributed by atoms with Crippen molar-refractivity contribution in [2.45, 2.75) is 25.3 Å². The van der Waals surface area contributed by atoms with Crippen LogP contribution >= 0.6 is 0 Å². The van der Waals surface area contributed by atoms with E-state index < -0.39 is 0 Å². The second-order valence-corrected chi connectivity index (χ2v) is 7.92. The lowest BCUT2D eigenvalue weighted by atomic mass is 10.0. The summed E-state index contributed by atoms with van der Waals surface area (Å²) in [5.41, 5.74) is 3.34. The van der Waals surface area contributed by atoms with E-state index in [0.717, 1.165) is 42.7 Å². The first-order valence-electron chi connectivity index (χ1n) is 11.0. The number of nitrogens with zero attached hydrogens (tertiary/aromatic N) is 1. The summed E-state index contributed by atoms with van der Waals surface area (Å²) in [7, 11) is 3.25. The molecule has 32 heavy (non-hydrogen) atoms. The van der Waals surface area contributed by atoms with E-state index in [0.29, 0.717) is 11.5 Å². The maximum atomic E-state index is 13.1. The van der Waals surface area contributed by atoms with E-state index in [1.807, 2.05) is 59.5 Å². The van der Waals surface area contributed by atoms with E-state index in [-0.39, 0.29) is 18.6 Å². The summed E-state index contributed by atoms with van der Waals surface area (Å²) in [5, 5.41) is 0. The van der Waals surface area contributed by atoms with Crippen molar-refractivity contribution in [1.82, 2.24) is 4.90 Å². The summed E-state index contributed by atoms with van der Waals surface area (Å²) in [6.07, 6.45) is 2.66. The molecule has 1 aliphatic heterocycles. The Morgan fingerprint density at radius 1 is 0.906 bits per heavy atom. The summed E-state index contributed by atoms with van der Waals surface area (Å²) >= 11 is 0. The highest BCUT2D eigenvalue weighted by atomic mass is 16.5. The maximum absolute atomic E-state index is 13.1. The SMILES string of the molecule is COc1ccc([C@H]2CCCN2C(=O)COc2ccccc2Cc2ccccc2)cc1OC. The topological polar surface area (TPSA) is 48.0 Å². The Balaban J connectivity index is 1.44. The van der Waals surface area contributed by atoms with Crippen LogP contribution in [-0.2, 0) is 11.2 Å². The van der Waals surface area contributed by atoms with Gasteiger partial charge in [-0.1, -0.05) is 54.6 Å². The number of rotatable bonds is 8. The largest absolute Gasteiger partial charge is 0.493 e. The number of likely N-dealkylation sites (tertiary alicyclic amines) is 1. The van der Waals surface area contributed by atoms with Crippen molar-refractivity contribution in [3.63, 3.8) is 0 Å². The molecule has 5 nitrogen and oxygen atoms in total. The van der Waals surface area contributed by atoms with E-state index in [9.17, 15) is 4.79 Å². The molecule has 1 heterocycles. The summed E-state index contributed by atoms with van der Waals surface area (Å²) in [6.45, 7) is 0.752. The highest BCUT2D eigenvalue weighted by Crippen LogP contribution is 2.37. The molecule has 166 valence electrons. The van der Waals surface area contributed by atoms with Crippen molar-refractivity contribution in [3.8, 4) is 17.2 Å². The van der Waals surface area contributed by atoms with E-state index in [1.54, 1.807) is 14.2 Å². The van der Waals surface area contributed by atoms with Crippen LogP contribution in [0.2, 0.25) is 0 Å². The molecule has 0 radical (unpaired) electrons. The molecule has 0 aliphatic carbocycles. The lowest BCUT2D eigenvalue weighted by molar-refractivity contribution is -0.134. The average Bonchev–Trinajstić information content (AvgIpc) is 3.33. The van der Waals surface area contributed by atoms with Crippen molar-refractivity contribution in [2.24, 2.45) is 0 Å². The highest BCUT2D eigenvalue weighted by Gasteiger charge is 2.30. The lowest BCUT2D eigenvalue weighted by Crippen LogP contribution is -2.34. The van der Waals surface area contributed by atoms with Gasteiger partial charge in [0.15, 0.2) is 18.1 Å². The molecule has 1 atom stereocenters. The number of amides is 1. The number of benzene rings is 3. The minimum Gasteiger partial charge on any atom is -0.493 e. The number of hydrogen-bond acceptors (Lipinski definition) is 4. The van der Waals surface area contributed by atoms with Crippen LogP contribution < -0.4 is 14.2 Å². The standard InChI is InChI=1S/C27H29NO4/c1-30-25-15-14-21(18-26(25)31-2)23-12-8-16-28(23)27(29)19-32-24-13-7-6-11-22(24)17-20-9-4-3-5-10-20/h3-7,9-11,13-15,18,23H,8,12,16-17,19H2,1-2H3/t23-/m1/s1. The van der Waals surface area contributed by atoms with Gasteiger partial charge in [-0.2, -0.15) is 0 Å². The van der Waals surface area contributed by atoms with Gasteiger partial charge in [0.2, 0.25) is 0 Å². The number of hydrogen-bond donors (Lipinski definition) is 0. The molecular formula is C27H29NO4. The Hall–Kier alpha value is -3.47. The molecule has 1 saturated heterocycles. The summed E-state index contributed by atoms with van der Waals surface area (Å²) < 4.78 is 16.8. The molecule has 0 bridgehead atoms. The molecule has 1 fully saturated rings. The van der Waals surface area contributed by atoms with Gasteiger partial charge >= 0.3 is 0 Å². The molecule has 1 aliphatic rings. The van der Waals surface area contributed by atoms with Gasteiger partial charge in [0.1, 0.15) is 5.75 Å². The van der Waals surface area contributed by atoms with Gasteiger partial charge in [0.25, 0.3) is 5.91 Å². The zero-order valence-corrected chi connectivity index (χ0v) is 18.6. The molecule has 0 N–H and O–H groups in total.